The number of aromatic nitrogens is 5. The fraction of sp³-hybridized carbons (Fsp3) is 0.263. The topological polar surface area (TPSA) is 117 Å². The van der Waals surface area contributed by atoms with Crippen molar-refractivity contribution in [2.45, 2.75) is 12.8 Å². The number of aromatic amines is 1. The molecule has 0 aromatic carbocycles. The molecule has 9 nitrogen and oxygen atoms in total. The van der Waals surface area contributed by atoms with Gasteiger partial charge in [0.2, 0.25) is 5.91 Å². The van der Waals surface area contributed by atoms with Crippen LogP contribution >= 0.6 is 0 Å². The number of anilines is 1. The zero-order chi connectivity index (χ0) is 19.3. The van der Waals surface area contributed by atoms with Crippen molar-refractivity contribution < 1.29 is 9.59 Å². The van der Waals surface area contributed by atoms with Crippen LogP contribution in [-0.4, -0.2) is 55.0 Å². The minimum absolute atomic E-state index is 0.0904. The van der Waals surface area contributed by atoms with Crippen LogP contribution in [0, 0.1) is 5.92 Å². The van der Waals surface area contributed by atoms with Gasteiger partial charge in [-0.25, -0.2) is 4.98 Å². The predicted molar refractivity (Wildman–Crippen MR) is 101 cm³/mol. The highest BCUT2D eigenvalue weighted by Gasteiger charge is 2.29. The molecule has 0 spiro atoms. The predicted octanol–water partition coefficient (Wildman–Crippen LogP) is 1.75. The lowest BCUT2D eigenvalue weighted by Gasteiger charge is -2.30. The van der Waals surface area contributed by atoms with Crippen LogP contribution in [0.15, 0.2) is 49.2 Å². The molecule has 28 heavy (non-hydrogen) atoms. The van der Waals surface area contributed by atoms with Crippen LogP contribution in [0.5, 0.6) is 0 Å². The highest BCUT2D eigenvalue weighted by atomic mass is 16.2. The number of nitrogens with one attached hydrogen (secondary N) is 2. The molecule has 0 bridgehead atoms. The smallest absolute Gasteiger partial charge is 0.274 e. The number of likely N-dealkylation sites (tertiary alicyclic amines) is 1. The van der Waals surface area contributed by atoms with Gasteiger partial charge in [0.25, 0.3) is 5.91 Å². The van der Waals surface area contributed by atoms with Crippen molar-refractivity contribution in [3.05, 3.63) is 54.9 Å². The Labute approximate surface area is 161 Å². The average Bonchev–Trinajstić information content (AvgIpc) is 3.25. The number of rotatable bonds is 4. The van der Waals surface area contributed by atoms with Crippen molar-refractivity contribution in [1.29, 1.82) is 0 Å². The lowest BCUT2D eigenvalue weighted by atomic mass is 9.95. The van der Waals surface area contributed by atoms with Crippen LogP contribution < -0.4 is 5.32 Å². The second-order valence-corrected chi connectivity index (χ2v) is 6.55. The second-order valence-electron chi connectivity index (χ2n) is 6.55. The number of nitrogens with zero attached hydrogens (tertiary/aromatic N) is 5. The molecule has 4 heterocycles. The van der Waals surface area contributed by atoms with Crippen LogP contribution in [0.4, 0.5) is 5.82 Å². The molecule has 0 atom stereocenters. The third-order valence-corrected chi connectivity index (χ3v) is 4.76. The third kappa shape index (κ3) is 3.88. The molecule has 0 saturated carbocycles. The van der Waals surface area contributed by atoms with Crippen LogP contribution in [0.1, 0.15) is 23.3 Å². The zero-order valence-electron chi connectivity index (χ0n) is 15.1. The summed E-state index contributed by atoms with van der Waals surface area (Å²) in [5, 5.41) is 9.81. The third-order valence-electron chi connectivity index (χ3n) is 4.76. The summed E-state index contributed by atoms with van der Waals surface area (Å²) in [7, 11) is 0. The second kappa shape index (κ2) is 7.95. The van der Waals surface area contributed by atoms with E-state index in [4.69, 9.17) is 0 Å². The summed E-state index contributed by atoms with van der Waals surface area (Å²) in [6.45, 7) is 1.02. The standard InChI is InChI=1S/C19H19N7O2/c27-18(23-17-12-21-7-8-22-17)14-3-9-26(10-4-14)19(28)16-11-15(24-25-16)13-1-5-20-6-2-13/h1-2,5-8,11-12,14H,3-4,9-10H2,(H,24,25)(H,22,23,27). The van der Waals surface area contributed by atoms with E-state index in [0.717, 1.165) is 11.3 Å². The number of hydrogen-bond donors (Lipinski definition) is 2. The molecule has 1 saturated heterocycles. The average molecular weight is 377 g/mol. The molecule has 2 N–H and O–H groups in total. The Hall–Kier alpha value is -3.62. The molecular weight excluding hydrogens is 358 g/mol. The molecule has 1 aliphatic heterocycles. The first-order valence-corrected chi connectivity index (χ1v) is 9.02. The number of pyridine rings is 1. The first kappa shape index (κ1) is 17.8. The molecule has 4 rings (SSSR count). The van der Waals surface area contributed by atoms with Crippen molar-refractivity contribution in [2.75, 3.05) is 18.4 Å². The molecule has 0 aliphatic carbocycles. The van der Waals surface area contributed by atoms with Gasteiger partial charge in [0.05, 0.1) is 11.9 Å². The summed E-state index contributed by atoms with van der Waals surface area (Å²) >= 11 is 0. The van der Waals surface area contributed by atoms with Gasteiger partial charge in [-0.2, -0.15) is 5.10 Å². The van der Waals surface area contributed by atoms with Crippen LogP contribution in [-0.2, 0) is 4.79 Å². The summed E-state index contributed by atoms with van der Waals surface area (Å²) in [5.74, 6) is 0.0560. The summed E-state index contributed by atoms with van der Waals surface area (Å²) in [5.41, 5.74) is 2.05. The van der Waals surface area contributed by atoms with Crippen molar-refractivity contribution in [3.63, 3.8) is 0 Å². The monoisotopic (exact) mass is 377 g/mol. The highest BCUT2D eigenvalue weighted by molar-refractivity contribution is 5.94. The van der Waals surface area contributed by atoms with Crippen molar-refractivity contribution in [2.24, 2.45) is 5.92 Å². The van der Waals surface area contributed by atoms with E-state index in [2.05, 4.69) is 30.5 Å². The Morgan fingerprint density at radius 3 is 2.57 bits per heavy atom. The molecule has 0 radical (unpaired) electrons. The number of hydrogen-bond acceptors (Lipinski definition) is 6. The molecule has 2 amide bonds. The summed E-state index contributed by atoms with van der Waals surface area (Å²) in [4.78, 5) is 38.8. The first-order chi connectivity index (χ1) is 13.7. The van der Waals surface area contributed by atoms with Gasteiger partial charge >= 0.3 is 0 Å². The van der Waals surface area contributed by atoms with Gasteiger partial charge in [0.1, 0.15) is 0 Å². The van der Waals surface area contributed by atoms with Gasteiger partial charge in [-0.1, -0.05) is 0 Å². The Morgan fingerprint density at radius 1 is 1.07 bits per heavy atom. The molecule has 9 heteroatoms. The van der Waals surface area contributed by atoms with Gasteiger partial charge < -0.3 is 10.2 Å². The lowest BCUT2D eigenvalue weighted by Crippen LogP contribution is -2.41. The Bertz CT molecular complexity index is 951. The SMILES string of the molecule is O=C(Nc1cnccn1)C1CCN(C(=O)c2cc(-c3ccncc3)[nH]n2)CC1. The van der Waals surface area contributed by atoms with Gasteiger partial charge in [0.15, 0.2) is 11.5 Å². The maximum Gasteiger partial charge on any atom is 0.274 e. The van der Waals surface area contributed by atoms with Gasteiger partial charge in [-0.15, -0.1) is 0 Å². The Kier molecular flexibility index (Phi) is 5.05. The highest BCUT2D eigenvalue weighted by Crippen LogP contribution is 2.22. The van der Waals surface area contributed by atoms with E-state index in [9.17, 15) is 9.59 Å². The van der Waals surface area contributed by atoms with E-state index in [1.54, 1.807) is 29.6 Å². The largest absolute Gasteiger partial charge is 0.337 e. The van der Waals surface area contributed by atoms with Gasteiger partial charge in [-0.05, 0) is 31.0 Å². The lowest BCUT2D eigenvalue weighted by molar-refractivity contribution is -0.121. The van der Waals surface area contributed by atoms with Gasteiger partial charge in [-0.3, -0.25) is 24.7 Å². The van der Waals surface area contributed by atoms with Crippen molar-refractivity contribution >= 4 is 17.6 Å². The van der Waals surface area contributed by atoms with Crippen LogP contribution in [0.25, 0.3) is 11.3 Å². The normalized spacial score (nSPS) is 14.6. The number of carbonyl (C=O) groups excluding carboxylic acids is 2. The quantitative estimate of drug-likeness (QED) is 0.715. The maximum absolute atomic E-state index is 12.7. The fourth-order valence-electron chi connectivity index (χ4n) is 3.21. The maximum atomic E-state index is 12.7. The van der Waals surface area contributed by atoms with E-state index in [0.29, 0.717) is 37.4 Å². The number of piperidine rings is 1. The van der Waals surface area contributed by atoms with E-state index in [-0.39, 0.29) is 17.7 Å². The molecule has 1 fully saturated rings. The number of carbonyl (C=O) groups is 2. The molecule has 3 aromatic rings. The Morgan fingerprint density at radius 2 is 1.86 bits per heavy atom. The van der Waals surface area contributed by atoms with E-state index >= 15 is 0 Å². The molecule has 1 aliphatic rings. The van der Waals surface area contributed by atoms with Crippen LogP contribution in [0.2, 0.25) is 0 Å². The minimum Gasteiger partial charge on any atom is -0.337 e. The molecule has 3 aromatic heterocycles. The van der Waals surface area contributed by atoms with E-state index < -0.39 is 0 Å². The molecule has 142 valence electrons. The summed E-state index contributed by atoms with van der Waals surface area (Å²) in [6.07, 6.45) is 9.16. The Balaban J connectivity index is 1.34. The summed E-state index contributed by atoms with van der Waals surface area (Å²) < 4.78 is 0. The molecule has 0 unspecified atom stereocenters. The summed E-state index contributed by atoms with van der Waals surface area (Å²) in [6, 6.07) is 5.44. The molecular formula is C19H19N7O2. The zero-order valence-corrected chi connectivity index (χ0v) is 15.1. The fourth-order valence-corrected chi connectivity index (χ4v) is 3.21. The van der Waals surface area contributed by atoms with Gasteiger partial charge in [0, 0.05) is 49.4 Å². The van der Waals surface area contributed by atoms with Crippen molar-refractivity contribution in [1.82, 2.24) is 30.0 Å². The van der Waals surface area contributed by atoms with E-state index in [1.165, 1.54) is 12.4 Å². The minimum atomic E-state index is -0.155. The van der Waals surface area contributed by atoms with Crippen molar-refractivity contribution in [3.8, 4) is 11.3 Å². The van der Waals surface area contributed by atoms with E-state index in [1.807, 2.05) is 12.1 Å². The first-order valence-electron chi connectivity index (χ1n) is 9.02. The number of H-pyrrole nitrogens is 1. The van der Waals surface area contributed by atoms with Crippen LogP contribution in [0.3, 0.4) is 0 Å². The number of amides is 2.